The minimum atomic E-state index is -0.775. The van der Waals surface area contributed by atoms with Crippen molar-refractivity contribution in [2.45, 2.75) is 32.6 Å². The maximum absolute atomic E-state index is 13.9. The number of imidazole rings is 1. The minimum Gasteiger partial charge on any atom is -0.369 e. The van der Waals surface area contributed by atoms with Gasteiger partial charge in [-0.25, -0.2) is 4.39 Å². The van der Waals surface area contributed by atoms with Crippen LogP contribution in [0, 0.1) is 13.3 Å². The molecular weight excluding hydrogens is 324 g/mol. The molecular formula is C12H12FN4OY+2. The maximum Gasteiger partial charge on any atom is 3.00 e. The zero-order valence-corrected chi connectivity index (χ0v) is 13.5. The molecule has 5 nitrogen and oxygen atoms in total. The summed E-state index contributed by atoms with van der Waals surface area (Å²) in [5, 5.41) is 0. The summed E-state index contributed by atoms with van der Waals surface area (Å²) >= 11 is 0. The molecule has 0 amide bonds. The van der Waals surface area contributed by atoms with Gasteiger partial charge in [0.15, 0.2) is 6.23 Å². The molecule has 2 unspecified atom stereocenters. The Bertz CT molecular complexity index is 627. The molecule has 2 atom stereocenters. The normalized spacial score (nSPS) is 22.4. The molecule has 0 saturated heterocycles. The summed E-state index contributed by atoms with van der Waals surface area (Å²) in [6.45, 7) is 3.76. The number of ether oxygens (including phenoxy) is 1. The molecule has 2 aromatic rings. The van der Waals surface area contributed by atoms with E-state index in [1.807, 2.05) is 13.8 Å². The molecule has 19 heavy (non-hydrogen) atoms. The molecule has 94 valence electrons. The van der Waals surface area contributed by atoms with Gasteiger partial charge in [0, 0.05) is 11.8 Å². The van der Waals surface area contributed by atoms with Gasteiger partial charge in [-0.2, -0.15) is 0 Å². The third kappa shape index (κ3) is 2.49. The first-order valence-electron chi connectivity index (χ1n) is 5.80. The van der Waals surface area contributed by atoms with Crippen molar-refractivity contribution in [1.82, 2.24) is 19.5 Å². The van der Waals surface area contributed by atoms with Crippen LogP contribution in [-0.2, 0) is 37.4 Å². The largest absolute Gasteiger partial charge is 3.00 e. The Hall–Kier alpha value is -0.716. The van der Waals surface area contributed by atoms with Crippen molar-refractivity contribution < 1.29 is 41.8 Å². The van der Waals surface area contributed by atoms with Gasteiger partial charge < -0.3 is 19.3 Å². The van der Waals surface area contributed by atoms with Crippen LogP contribution in [0.15, 0.2) is 18.2 Å². The second kappa shape index (κ2) is 5.73. The topological polar surface area (TPSA) is 52.8 Å². The van der Waals surface area contributed by atoms with E-state index in [2.05, 4.69) is 21.3 Å². The van der Waals surface area contributed by atoms with Crippen LogP contribution in [0.2, 0.25) is 0 Å². The van der Waals surface area contributed by atoms with Gasteiger partial charge in [0.1, 0.15) is 5.83 Å². The Morgan fingerprint density at radius 1 is 1.47 bits per heavy atom. The Morgan fingerprint density at radius 2 is 2.26 bits per heavy atom. The first kappa shape index (κ1) is 14.7. The molecule has 0 aliphatic carbocycles. The number of nitrogens with zero attached hydrogens (tertiary/aromatic N) is 4. The van der Waals surface area contributed by atoms with Crippen LogP contribution in [0.5, 0.6) is 0 Å². The van der Waals surface area contributed by atoms with Crippen LogP contribution < -0.4 is 0 Å². The molecule has 7 heteroatoms. The van der Waals surface area contributed by atoms with Crippen molar-refractivity contribution >= 4 is 11.2 Å². The first-order valence-corrected chi connectivity index (χ1v) is 5.80. The van der Waals surface area contributed by atoms with E-state index in [9.17, 15) is 4.39 Å². The molecule has 3 rings (SSSR count). The second-order valence-corrected chi connectivity index (χ2v) is 4.22. The number of aryl methyl sites for hydroxylation is 1. The van der Waals surface area contributed by atoms with Crippen LogP contribution in [0.25, 0.3) is 11.2 Å². The van der Waals surface area contributed by atoms with Gasteiger partial charge in [0.05, 0.1) is 18.1 Å². The third-order valence-electron chi connectivity index (χ3n) is 3.02. The van der Waals surface area contributed by atoms with Crippen molar-refractivity contribution in [1.29, 1.82) is 0 Å². The van der Waals surface area contributed by atoms with E-state index in [4.69, 9.17) is 4.74 Å². The molecule has 0 radical (unpaired) electrons. The van der Waals surface area contributed by atoms with Crippen LogP contribution in [0.4, 0.5) is 4.39 Å². The predicted octanol–water partition coefficient (Wildman–Crippen LogP) is 2.09. The summed E-state index contributed by atoms with van der Waals surface area (Å²) < 4.78 is 21.0. The van der Waals surface area contributed by atoms with E-state index in [0.717, 1.165) is 6.42 Å². The third-order valence-corrected chi connectivity index (χ3v) is 3.02. The average molecular weight is 336 g/mol. The molecule has 0 N–H and O–H groups in total. The molecule has 1 aliphatic heterocycles. The summed E-state index contributed by atoms with van der Waals surface area (Å²) in [6.07, 6.45) is 5.32. The number of halogens is 1. The van der Waals surface area contributed by atoms with Crippen molar-refractivity contribution in [3.05, 3.63) is 30.3 Å². The number of hydrogen-bond acceptors (Lipinski definition) is 4. The van der Waals surface area contributed by atoms with E-state index in [1.54, 1.807) is 4.57 Å². The number of hydrogen-bond donors (Lipinski definition) is 0. The second-order valence-electron chi connectivity index (χ2n) is 4.22. The summed E-state index contributed by atoms with van der Waals surface area (Å²) in [7, 11) is 0. The molecule has 0 bridgehead atoms. The van der Waals surface area contributed by atoms with Crippen molar-refractivity contribution in [2.24, 2.45) is 0 Å². The van der Waals surface area contributed by atoms with Gasteiger partial charge in [-0.15, -0.1) is 0 Å². The van der Waals surface area contributed by atoms with Crippen molar-refractivity contribution in [3.8, 4) is 0 Å². The Morgan fingerprint density at radius 3 is 2.95 bits per heavy atom. The molecule has 0 spiro atoms. The van der Waals surface area contributed by atoms with Crippen LogP contribution in [-0.4, -0.2) is 25.6 Å². The van der Waals surface area contributed by atoms with E-state index in [-0.39, 0.29) is 44.6 Å². The van der Waals surface area contributed by atoms with Crippen molar-refractivity contribution in [2.75, 3.05) is 0 Å². The monoisotopic (exact) mass is 336 g/mol. The number of fused-ring (bicyclic) bond motifs is 1. The fraction of sp³-hybridized carbons (Fsp3) is 0.417. The first-order chi connectivity index (χ1) is 8.70. The molecule has 0 saturated carbocycles. The Balaban J connectivity index is 0.00000133. The SMILES string of the molecule is CCC1C=C(F)C(n2cnc3c(C)n[c-]nc32)O1.[Y+3]. The van der Waals surface area contributed by atoms with E-state index >= 15 is 0 Å². The van der Waals surface area contributed by atoms with Crippen LogP contribution >= 0.6 is 0 Å². The zero-order valence-electron chi connectivity index (χ0n) is 10.7. The fourth-order valence-electron chi connectivity index (χ4n) is 2.03. The quantitative estimate of drug-likeness (QED) is 0.788. The minimum absolute atomic E-state index is 0. The maximum atomic E-state index is 13.9. The van der Waals surface area contributed by atoms with Crippen molar-refractivity contribution in [3.63, 3.8) is 0 Å². The number of rotatable bonds is 2. The van der Waals surface area contributed by atoms with Gasteiger partial charge in [-0.05, 0) is 18.2 Å². The molecule has 0 fully saturated rings. The standard InChI is InChI=1S/C12H12FN4O.Y/c1-3-8-4-9(13)12(18-8)17-6-16-10-7(2)14-5-15-11(10)17;/h4,6,8,12H,3H2,1-2H3;/q-1;+3. The Kier molecular flexibility index (Phi) is 4.43. The van der Waals surface area contributed by atoms with Crippen LogP contribution in [0.3, 0.4) is 0 Å². The van der Waals surface area contributed by atoms with Gasteiger partial charge in [0.2, 0.25) is 0 Å². The number of aromatic nitrogens is 4. The molecule has 1 aliphatic rings. The van der Waals surface area contributed by atoms with E-state index < -0.39 is 6.23 Å². The van der Waals surface area contributed by atoms with Gasteiger partial charge in [-0.1, -0.05) is 13.8 Å². The summed E-state index contributed by atoms with van der Waals surface area (Å²) in [6, 6.07) is 0. The molecule has 3 heterocycles. The zero-order chi connectivity index (χ0) is 12.7. The van der Waals surface area contributed by atoms with E-state index in [0.29, 0.717) is 16.9 Å². The Labute approximate surface area is 135 Å². The molecule has 2 aromatic heterocycles. The van der Waals surface area contributed by atoms with Gasteiger partial charge in [0.25, 0.3) is 0 Å². The average Bonchev–Trinajstić information content (AvgIpc) is 2.93. The summed E-state index contributed by atoms with van der Waals surface area (Å²) in [5.74, 6) is -0.308. The summed E-state index contributed by atoms with van der Waals surface area (Å²) in [5.41, 5.74) is 1.89. The van der Waals surface area contributed by atoms with Gasteiger partial charge in [-0.3, -0.25) is 4.98 Å². The fourth-order valence-corrected chi connectivity index (χ4v) is 2.03. The predicted molar refractivity (Wildman–Crippen MR) is 62.3 cm³/mol. The van der Waals surface area contributed by atoms with E-state index in [1.165, 1.54) is 12.4 Å². The van der Waals surface area contributed by atoms with Gasteiger partial charge >= 0.3 is 32.7 Å². The smallest absolute Gasteiger partial charge is 0.369 e. The summed E-state index contributed by atoms with van der Waals surface area (Å²) in [4.78, 5) is 12.2. The molecule has 0 aromatic carbocycles. The van der Waals surface area contributed by atoms with Crippen LogP contribution in [0.1, 0.15) is 25.3 Å².